The summed E-state index contributed by atoms with van der Waals surface area (Å²) in [7, 11) is 0. The number of nitrogens with zero attached hydrogens (tertiary/aromatic N) is 3. The summed E-state index contributed by atoms with van der Waals surface area (Å²) in [6.07, 6.45) is 3.06. The van der Waals surface area contributed by atoms with Crippen LogP contribution in [0.25, 0.3) is 11.2 Å². The molecule has 0 unspecified atom stereocenters. The number of esters is 1. The van der Waals surface area contributed by atoms with Crippen LogP contribution in [0.4, 0.5) is 0 Å². The SMILES string of the molecule is CCCCn1c(=O)[nH]c(=O)c2c1nc(COC(=O)c1ccco1)n2CC. The van der Waals surface area contributed by atoms with Crippen LogP contribution in [0.2, 0.25) is 0 Å². The molecule has 0 amide bonds. The summed E-state index contributed by atoms with van der Waals surface area (Å²) in [5.41, 5.74) is -0.392. The van der Waals surface area contributed by atoms with Crippen molar-refractivity contribution in [1.82, 2.24) is 19.1 Å². The first-order chi connectivity index (χ1) is 12.6. The largest absolute Gasteiger partial charge is 0.457 e. The van der Waals surface area contributed by atoms with E-state index in [4.69, 9.17) is 9.15 Å². The summed E-state index contributed by atoms with van der Waals surface area (Å²) < 4.78 is 13.3. The Labute approximate surface area is 148 Å². The summed E-state index contributed by atoms with van der Waals surface area (Å²) >= 11 is 0. The number of H-pyrrole nitrogens is 1. The summed E-state index contributed by atoms with van der Waals surface area (Å²) in [6.45, 7) is 4.62. The van der Waals surface area contributed by atoms with Crippen molar-refractivity contribution < 1.29 is 13.9 Å². The second-order valence-corrected chi connectivity index (χ2v) is 5.76. The van der Waals surface area contributed by atoms with Crippen LogP contribution in [0.1, 0.15) is 43.1 Å². The first-order valence-electron chi connectivity index (χ1n) is 8.49. The van der Waals surface area contributed by atoms with E-state index in [2.05, 4.69) is 9.97 Å². The molecular weight excluding hydrogens is 340 g/mol. The molecule has 0 atom stereocenters. The van der Waals surface area contributed by atoms with E-state index in [9.17, 15) is 14.4 Å². The maximum Gasteiger partial charge on any atom is 0.374 e. The fourth-order valence-corrected chi connectivity index (χ4v) is 2.79. The normalized spacial score (nSPS) is 11.2. The van der Waals surface area contributed by atoms with E-state index < -0.39 is 17.2 Å². The fraction of sp³-hybridized carbons (Fsp3) is 0.412. The van der Waals surface area contributed by atoms with Crippen molar-refractivity contribution in [1.29, 1.82) is 0 Å². The van der Waals surface area contributed by atoms with E-state index in [1.807, 2.05) is 13.8 Å². The smallest absolute Gasteiger partial charge is 0.374 e. The molecule has 3 heterocycles. The molecule has 0 fully saturated rings. The number of aromatic nitrogens is 4. The van der Waals surface area contributed by atoms with Crippen molar-refractivity contribution >= 4 is 17.1 Å². The molecule has 3 aromatic rings. The van der Waals surface area contributed by atoms with Gasteiger partial charge in [0.15, 0.2) is 11.2 Å². The standard InChI is InChI=1S/C17H20N4O5/c1-3-5-8-21-14-13(15(22)19-17(21)24)20(4-2)12(18-14)10-26-16(23)11-7-6-9-25-11/h6-7,9H,3-5,8,10H2,1-2H3,(H,19,22,24). The lowest BCUT2D eigenvalue weighted by Gasteiger charge is -2.06. The lowest BCUT2D eigenvalue weighted by atomic mass is 10.3. The summed E-state index contributed by atoms with van der Waals surface area (Å²) in [5.74, 6) is -0.146. The van der Waals surface area contributed by atoms with Crippen LogP contribution in [0.15, 0.2) is 32.4 Å². The minimum Gasteiger partial charge on any atom is -0.457 e. The highest BCUT2D eigenvalue weighted by atomic mass is 16.5. The number of carbonyl (C=O) groups excluding carboxylic acids is 1. The number of unbranched alkanes of at least 4 members (excludes halogenated alkanes) is 1. The third kappa shape index (κ3) is 3.19. The van der Waals surface area contributed by atoms with Gasteiger partial charge in [0.2, 0.25) is 5.76 Å². The number of rotatable bonds is 7. The highest BCUT2D eigenvalue weighted by Gasteiger charge is 2.19. The summed E-state index contributed by atoms with van der Waals surface area (Å²) in [5, 5.41) is 0. The predicted molar refractivity (Wildman–Crippen MR) is 93.0 cm³/mol. The van der Waals surface area contributed by atoms with E-state index in [1.165, 1.54) is 16.9 Å². The average molecular weight is 360 g/mol. The molecule has 0 spiro atoms. The van der Waals surface area contributed by atoms with Gasteiger partial charge in [-0.2, -0.15) is 0 Å². The monoisotopic (exact) mass is 360 g/mol. The number of aryl methyl sites for hydroxylation is 2. The Balaban J connectivity index is 2.00. The van der Waals surface area contributed by atoms with Gasteiger partial charge in [-0.1, -0.05) is 13.3 Å². The molecule has 3 rings (SSSR count). The Kier molecular flexibility index (Phi) is 5.06. The molecule has 0 radical (unpaired) electrons. The van der Waals surface area contributed by atoms with Gasteiger partial charge in [0.25, 0.3) is 5.56 Å². The lowest BCUT2D eigenvalue weighted by molar-refractivity contribution is 0.0422. The number of aromatic amines is 1. The zero-order valence-electron chi connectivity index (χ0n) is 14.7. The number of hydrogen-bond acceptors (Lipinski definition) is 6. The Morgan fingerprint density at radius 1 is 1.31 bits per heavy atom. The van der Waals surface area contributed by atoms with Crippen molar-refractivity contribution in [2.75, 3.05) is 0 Å². The fourth-order valence-electron chi connectivity index (χ4n) is 2.79. The van der Waals surface area contributed by atoms with Crippen LogP contribution in [0.5, 0.6) is 0 Å². The van der Waals surface area contributed by atoms with Crippen LogP contribution in [-0.4, -0.2) is 25.1 Å². The molecule has 26 heavy (non-hydrogen) atoms. The zero-order valence-corrected chi connectivity index (χ0v) is 14.7. The molecule has 0 aromatic carbocycles. The molecule has 0 saturated carbocycles. The third-order valence-electron chi connectivity index (χ3n) is 4.07. The molecular formula is C17H20N4O5. The molecule has 0 saturated heterocycles. The van der Waals surface area contributed by atoms with Crippen LogP contribution in [0.3, 0.4) is 0 Å². The lowest BCUT2D eigenvalue weighted by Crippen LogP contribution is -2.31. The van der Waals surface area contributed by atoms with Crippen molar-refractivity contribution in [3.63, 3.8) is 0 Å². The number of fused-ring (bicyclic) bond motifs is 1. The Bertz CT molecular complexity index is 1030. The van der Waals surface area contributed by atoms with Crippen molar-refractivity contribution in [3.05, 3.63) is 50.8 Å². The summed E-state index contributed by atoms with van der Waals surface area (Å²) in [4.78, 5) is 43.1. The van der Waals surface area contributed by atoms with E-state index >= 15 is 0 Å². The molecule has 9 nitrogen and oxygen atoms in total. The van der Waals surface area contributed by atoms with Gasteiger partial charge >= 0.3 is 11.7 Å². The second-order valence-electron chi connectivity index (χ2n) is 5.76. The number of hydrogen-bond donors (Lipinski definition) is 1. The molecule has 3 aromatic heterocycles. The van der Waals surface area contributed by atoms with E-state index in [0.717, 1.165) is 12.8 Å². The first-order valence-corrected chi connectivity index (χ1v) is 8.49. The zero-order chi connectivity index (χ0) is 18.7. The third-order valence-corrected chi connectivity index (χ3v) is 4.07. The predicted octanol–water partition coefficient (Wildman–Crippen LogP) is 1.66. The topological polar surface area (TPSA) is 112 Å². The number of ether oxygens (including phenoxy) is 1. The molecule has 0 bridgehead atoms. The van der Waals surface area contributed by atoms with E-state index in [0.29, 0.717) is 30.1 Å². The van der Waals surface area contributed by atoms with Crippen molar-refractivity contribution in [2.24, 2.45) is 0 Å². The molecule has 1 N–H and O–H groups in total. The van der Waals surface area contributed by atoms with E-state index in [1.54, 1.807) is 10.6 Å². The van der Waals surface area contributed by atoms with Gasteiger partial charge in [0, 0.05) is 13.1 Å². The van der Waals surface area contributed by atoms with Gasteiger partial charge in [0.05, 0.1) is 6.26 Å². The number of furan rings is 1. The Hall–Kier alpha value is -3.10. The van der Waals surface area contributed by atoms with Gasteiger partial charge in [-0.25, -0.2) is 14.6 Å². The van der Waals surface area contributed by atoms with Crippen LogP contribution >= 0.6 is 0 Å². The van der Waals surface area contributed by atoms with Crippen LogP contribution in [-0.2, 0) is 24.4 Å². The Morgan fingerprint density at radius 3 is 2.77 bits per heavy atom. The van der Waals surface area contributed by atoms with Gasteiger partial charge in [0.1, 0.15) is 12.4 Å². The number of carbonyl (C=O) groups is 1. The van der Waals surface area contributed by atoms with Gasteiger partial charge in [-0.05, 0) is 25.5 Å². The van der Waals surface area contributed by atoms with Gasteiger partial charge in [-0.3, -0.25) is 14.3 Å². The minimum absolute atomic E-state index is 0.0851. The highest BCUT2D eigenvalue weighted by molar-refractivity contribution is 5.86. The summed E-state index contributed by atoms with van der Waals surface area (Å²) in [6, 6.07) is 3.09. The molecule has 9 heteroatoms. The van der Waals surface area contributed by atoms with Gasteiger partial charge in [-0.15, -0.1) is 0 Å². The minimum atomic E-state index is -0.623. The van der Waals surface area contributed by atoms with E-state index in [-0.39, 0.29) is 12.4 Å². The first kappa shape index (κ1) is 17.7. The molecule has 0 aliphatic heterocycles. The maximum absolute atomic E-state index is 12.3. The quantitative estimate of drug-likeness (QED) is 0.641. The molecule has 0 aliphatic rings. The second kappa shape index (κ2) is 7.42. The Morgan fingerprint density at radius 2 is 2.12 bits per heavy atom. The van der Waals surface area contributed by atoms with Crippen molar-refractivity contribution in [2.45, 2.75) is 46.4 Å². The van der Waals surface area contributed by atoms with Crippen LogP contribution < -0.4 is 11.2 Å². The maximum atomic E-state index is 12.3. The number of imidazole rings is 1. The highest BCUT2D eigenvalue weighted by Crippen LogP contribution is 2.14. The average Bonchev–Trinajstić information content (AvgIpc) is 3.27. The molecule has 138 valence electrons. The van der Waals surface area contributed by atoms with Gasteiger partial charge < -0.3 is 13.7 Å². The van der Waals surface area contributed by atoms with Crippen LogP contribution in [0, 0.1) is 0 Å². The molecule has 0 aliphatic carbocycles. The number of nitrogens with one attached hydrogen (secondary N) is 1. The van der Waals surface area contributed by atoms with Crippen molar-refractivity contribution in [3.8, 4) is 0 Å².